The second-order valence-electron chi connectivity index (χ2n) is 4.42. The first kappa shape index (κ1) is 13.7. The first-order valence-electron chi connectivity index (χ1n) is 6.47. The van der Waals surface area contributed by atoms with Crippen LogP contribution >= 0.6 is 11.3 Å². The van der Waals surface area contributed by atoms with E-state index in [0.717, 1.165) is 19.3 Å². The van der Waals surface area contributed by atoms with Crippen molar-refractivity contribution in [1.82, 2.24) is 15.3 Å². The van der Waals surface area contributed by atoms with E-state index in [9.17, 15) is 4.79 Å². The van der Waals surface area contributed by atoms with Gasteiger partial charge in [-0.25, -0.2) is 9.97 Å². The molecule has 2 heterocycles. The van der Waals surface area contributed by atoms with Crippen molar-refractivity contribution in [3.05, 3.63) is 17.3 Å². The minimum absolute atomic E-state index is 0.123. The van der Waals surface area contributed by atoms with Gasteiger partial charge >= 0.3 is 0 Å². The highest BCUT2D eigenvalue weighted by atomic mass is 32.1. The number of amides is 1. The van der Waals surface area contributed by atoms with Crippen molar-refractivity contribution < 1.29 is 4.79 Å². The van der Waals surface area contributed by atoms with E-state index >= 15 is 0 Å². The van der Waals surface area contributed by atoms with E-state index in [0.29, 0.717) is 20.9 Å². The zero-order valence-electron chi connectivity index (χ0n) is 11.1. The molecule has 102 valence electrons. The minimum atomic E-state index is -0.123. The number of nitrogens with one attached hydrogen (secondary N) is 1. The summed E-state index contributed by atoms with van der Waals surface area (Å²) in [5.74, 6) is -0.123. The summed E-state index contributed by atoms with van der Waals surface area (Å²) in [6.07, 6.45) is 6.12. The molecular formula is C13H18N4OS. The number of anilines is 1. The Morgan fingerprint density at radius 1 is 1.42 bits per heavy atom. The Bertz CT molecular complexity index is 581. The summed E-state index contributed by atoms with van der Waals surface area (Å²) >= 11 is 1.29. The highest BCUT2D eigenvalue weighted by Crippen LogP contribution is 2.30. The van der Waals surface area contributed by atoms with Gasteiger partial charge in [-0.15, -0.1) is 11.3 Å². The summed E-state index contributed by atoms with van der Waals surface area (Å²) in [4.78, 5) is 21.8. The van der Waals surface area contributed by atoms with Crippen LogP contribution in [0.25, 0.3) is 10.3 Å². The topological polar surface area (TPSA) is 80.9 Å². The molecule has 6 heteroatoms. The quantitative estimate of drug-likeness (QED) is 0.880. The molecule has 0 aliphatic heterocycles. The second kappa shape index (κ2) is 5.97. The Balaban J connectivity index is 2.24. The number of rotatable bonds is 5. The SMILES string of the molecule is CCCC(CC)NC(=O)c1sc2nccnc2c1N. The molecule has 0 bridgehead atoms. The molecule has 3 N–H and O–H groups in total. The minimum Gasteiger partial charge on any atom is -0.396 e. The van der Waals surface area contributed by atoms with Gasteiger partial charge in [0.25, 0.3) is 5.91 Å². The van der Waals surface area contributed by atoms with Gasteiger partial charge in [-0.2, -0.15) is 0 Å². The lowest BCUT2D eigenvalue weighted by Gasteiger charge is -2.15. The molecule has 0 fully saturated rings. The van der Waals surface area contributed by atoms with Crippen molar-refractivity contribution in [3.63, 3.8) is 0 Å². The lowest BCUT2D eigenvalue weighted by molar-refractivity contribution is 0.0938. The van der Waals surface area contributed by atoms with Crippen molar-refractivity contribution in [3.8, 4) is 0 Å². The highest BCUT2D eigenvalue weighted by molar-refractivity contribution is 7.21. The van der Waals surface area contributed by atoms with E-state index in [1.807, 2.05) is 0 Å². The number of carbonyl (C=O) groups is 1. The van der Waals surface area contributed by atoms with Crippen molar-refractivity contribution in [2.45, 2.75) is 39.2 Å². The molecule has 0 spiro atoms. The number of hydrogen-bond acceptors (Lipinski definition) is 5. The highest BCUT2D eigenvalue weighted by Gasteiger charge is 2.19. The largest absolute Gasteiger partial charge is 0.396 e. The average molecular weight is 278 g/mol. The van der Waals surface area contributed by atoms with Gasteiger partial charge in [0.1, 0.15) is 15.2 Å². The zero-order chi connectivity index (χ0) is 13.8. The van der Waals surface area contributed by atoms with Crippen LogP contribution in [0.5, 0.6) is 0 Å². The first-order valence-corrected chi connectivity index (χ1v) is 7.28. The number of aromatic nitrogens is 2. The van der Waals surface area contributed by atoms with Gasteiger partial charge in [-0.3, -0.25) is 4.79 Å². The number of carbonyl (C=O) groups excluding carboxylic acids is 1. The summed E-state index contributed by atoms with van der Waals surface area (Å²) in [7, 11) is 0. The monoisotopic (exact) mass is 278 g/mol. The number of thiophene rings is 1. The Hall–Kier alpha value is -1.69. The number of nitrogen functional groups attached to an aromatic ring is 1. The van der Waals surface area contributed by atoms with Crippen LogP contribution in [0.2, 0.25) is 0 Å². The van der Waals surface area contributed by atoms with Crippen LogP contribution in [0.1, 0.15) is 42.8 Å². The van der Waals surface area contributed by atoms with Gasteiger partial charge in [0.05, 0.1) is 5.69 Å². The predicted molar refractivity (Wildman–Crippen MR) is 78.3 cm³/mol. The maximum atomic E-state index is 12.2. The molecule has 0 aliphatic rings. The van der Waals surface area contributed by atoms with Crippen LogP contribution in [0.3, 0.4) is 0 Å². The smallest absolute Gasteiger partial charge is 0.263 e. The van der Waals surface area contributed by atoms with E-state index in [1.54, 1.807) is 12.4 Å². The predicted octanol–water partition coefficient (Wildman–Crippen LogP) is 2.58. The van der Waals surface area contributed by atoms with E-state index in [1.165, 1.54) is 11.3 Å². The summed E-state index contributed by atoms with van der Waals surface area (Å²) in [6.45, 7) is 4.18. The molecule has 2 aromatic heterocycles. The van der Waals surface area contributed by atoms with E-state index < -0.39 is 0 Å². The summed E-state index contributed by atoms with van der Waals surface area (Å²) < 4.78 is 0. The molecule has 19 heavy (non-hydrogen) atoms. The summed E-state index contributed by atoms with van der Waals surface area (Å²) in [5, 5.41) is 3.02. The maximum absolute atomic E-state index is 12.2. The number of fused-ring (bicyclic) bond motifs is 1. The molecular weight excluding hydrogens is 260 g/mol. The van der Waals surface area contributed by atoms with Gasteiger partial charge in [-0.1, -0.05) is 20.3 Å². The Labute approximate surface area is 116 Å². The Morgan fingerprint density at radius 2 is 2.16 bits per heavy atom. The molecule has 0 saturated carbocycles. The van der Waals surface area contributed by atoms with Gasteiger partial charge < -0.3 is 11.1 Å². The number of hydrogen-bond donors (Lipinski definition) is 2. The maximum Gasteiger partial charge on any atom is 0.263 e. The summed E-state index contributed by atoms with van der Waals surface area (Å²) in [5.41, 5.74) is 7.02. The second-order valence-corrected chi connectivity index (χ2v) is 5.42. The normalized spacial score (nSPS) is 12.5. The van der Waals surface area contributed by atoms with Crippen LogP contribution < -0.4 is 11.1 Å². The Morgan fingerprint density at radius 3 is 2.79 bits per heavy atom. The third-order valence-corrected chi connectivity index (χ3v) is 4.14. The van der Waals surface area contributed by atoms with Gasteiger partial charge in [-0.05, 0) is 12.8 Å². The van der Waals surface area contributed by atoms with Crippen molar-refractivity contribution >= 4 is 33.3 Å². The fraction of sp³-hybridized carbons (Fsp3) is 0.462. The molecule has 0 saturated heterocycles. The van der Waals surface area contributed by atoms with E-state index in [4.69, 9.17) is 5.73 Å². The van der Waals surface area contributed by atoms with E-state index in [2.05, 4.69) is 29.1 Å². The molecule has 0 aliphatic carbocycles. The van der Waals surface area contributed by atoms with Crippen LogP contribution in [0, 0.1) is 0 Å². The molecule has 5 nitrogen and oxygen atoms in total. The van der Waals surface area contributed by atoms with Crippen molar-refractivity contribution in [2.24, 2.45) is 0 Å². The lowest BCUT2D eigenvalue weighted by Crippen LogP contribution is -2.34. The molecule has 0 radical (unpaired) electrons. The van der Waals surface area contributed by atoms with Crippen molar-refractivity contribution in [1.29, 1.82) is 0 Å². The molecule has 2 rings (SSSR count). The Kier molecular flexibility index (Phi) is 4.31. The van der Waals surface area contributed by atoms with Crippen LogP contribution in [0.15, 0.2) is 12.4 Å². The zero-order valence-corrected chi connectivity index (χ0v) is 12.0. The molecule has 1 amide bonds. The fourth-order valence-electron chi connectivity index (χ4n) is 1.99. The number of nitrogens with zero attached hydrogens (tertiary/aromatic N) is 2. The molecule has 2 aromatic rings. The average Bonchev–Trinajstić information content (AvgIpc) is 2.76. The van der Waals surface area contributed by atoms with Gasteiger partial charge in [0.15, 0.2) is 0 Å². The van der Waals surface area contributed by atoms with E-state index in [-0.39, 0.29) is 11.9 Å². The standard InChI is InChI=1S/C13H18N4OS/c1-3-5-8(4-2)17-12(18)11-9(14)10-13(19-11)16-7-6-15-10/h6-8H,3-5,14H2,1-2H3,(H,17,18). The van der Waals surface area contributed by atoms with Crippen molar-refractivity contribution in [2.75, 3.05) is 5.73 Å². The third-order valence-electron chi connectivity index (χ3n) is 3.03. The third kappa shape index (κ3) is 2.84. The van der Waals surface area contributed by atoms with Gasteiger partial charge in [0.2, 0.25) is 0 Å². The molecule has 0 aromatic carbocycles. The van der Waals surface area contributed by atoms with Crippen LogP contribution in [-0.2, 0) is 0 Å². The first-order chi connectivity index (χ1) is 9.17. The van der Waals surface area contributed by atoms with Crippen LogP contribution in [0.4, 0.5) is 5.69 Å². The molecule has 1 unspecified atom stereocenters. The molecule has 1 atom stereocenters. The summed E-state index contributed by atoms with van der Waals surface area (Å²) in [6, 6.07) is 0.197. The van der Waals surface area contributed by atoms with Gasteiger partial charge in [0, 0.05) is 18.4 Å². The van der Waals surface area contributed by atoms with Crippen LogP contribution in [-0.4, -0.2) is 21.9 Å². The fourth-order valence-corrected chi connectivity index (χ4v) is 2.91. The lowest BCUT2D eigenvalue weighted by atomic mass is 10.1. The number of nitrogens with two attached hydrogens (primary N) is 1.